The maximum Gasteiger partial charge on any atom is 0.248 e. The van der Waals surface area contributed by atoms with Crippen molar-refractivity contribution in [3.05, 3.63) is 145 Å². The Hall–Kier alpha value is -5.22. The number of amides is 1. The summed E-state index contributed by atoms with van der Waals surface area (Å²) < 4.78 is 20.0. The van der Waals surface area contributed by atoms with Crippen LogP contribution >= 0.6 is 11.3 Å². The van der Waals surface area contributed by atoms with Crippen molar-refractivity contribution >= 4 is 39.0 Å². The molecule has 2 aromatic heterocycles. The summed E-state index contributed by atoms with van der Waals surface area (Å²) in [6.07, 6.45) is 4.96. The molecule has 0 bridgehead atoms. The van der Waals surface area contributed by atoms with Gasteiger partial charge in [0.2, 0.25) is 5.91 Å². The molecule has 6 aromatic rings. The molecule has 7 nitrogen and oxygen atoms in total. The molecule has 6 rings (SSSR count). The van der Waals surface area contributed by atoms with E-state index in [4.69, 9.17) is 14.7 Å². The van der Waals surface area contributed by atoms with Gasteiger partial charge in [-0.05, 0) is 60.6 Å². The SMILES string of the molecule is CN(C)CC=CC(=O)Nc1cccc(-c2c(-c3ccccc3)sc3ncnc(N[C@H](COCc4cccc(F)c4)c4ccccc4)c23)c1. The van der Waals surface area contributed by atoms with Crippen molar-refractivity contribution in [3.63, 3.8) is 0 Å². The number of ether oxygens (including phenoxy) is 1. The molecule has 1 atom stereocenters. The third-order valence-electron chi connectivity index (χ3n) is 7.64. The van der Waals surface area contributed by atoms with Crippen LogP contribution in [0.4, 0.5) is 15.9 Å². The second kappa shape index (κ2) is 15.6. The second-order valence-corrected chi connectivity index (χ2v) is 12.6. The normalized spacial score (nSPS) is 12.1. The molecule has 242 valence electrons. The summed E-state index contributed by atoms with van der Waals surface area (Å²) in [5.41, 5.74) is 5.42. The van der Waals surface area contributed by atoms with Crippen molar-refractivity contribution in [1.82, 2.24) is 14.9 Å². The highest BCUT2D eigenvalue weighted by Crippen LogP contribution is 2.47. The van der Waals surface area contributed by atoms with E-state index in [1.54, 1.807) is 29.8 Å². The zero-order chi connectivity index (χ0) is 33.3. The number of nitrogens with one attached hydrogen (secondary N) is 2. The topological polar surface area (TPSA) is 79.4 Å². The first-order valence-electron chi connectivity index (χ1n) is 15.6. The van der Waals surface area contributed by atoms with E-state index in [2.05, 4.69) is 22.8 Å². The first kappa shape index (κ1) is 32.7. The van der Waals surface area contributed by atoms with Crippen LogP contribution in [-0.2, 0) is 16.1 Å². The van der Waals surface area contributed by atoms with Crippen LogP contribution in [0.1, 0.15) is 17.2 Å². The summed E-state index contributed by atoms with van der Waals surface area (Å²) in [5.74, 6) is 0.181. The van der Waals surface area contributed by atoms with Crippen molar-refractivity contribution in [2.24, 2.45) is 0 Å². The summed E-state index contributed by atoms with van der Waals surface area (Å²) in [7, 11) is 3.91. The van der Waals surface area contributed by atoms with Crippen molar-refractivity contribution in [2.45, 2.75) is 12.6 Å². The van der Waals surface area contributed by atoms with E-state index >= 15 is 0 Å². The summed E-state index contributed by atoms with van der Waals surface area (Å²) in [4.78, 5) is 26.0. The number of anilines is 2. The summed E-state index contributed by atoms with van der Waals surface area (Å²) in [6.45, 7) is 1.26. The number of carbonyl (C=O) groups excluding carboxylic acids is 1. The van der Waals surface area contributed by atoms with Gasteiger partial charge in [0.1, 0.15) is 22.8 Å². The first-order chi connectivity index (χ1) is 23.4. The molecule has 0 fully saturated rings. The van der Waals surface area contributed by atoms with Gasteiger partial charge in [-0.2, -0.15) is 0 Å². The van der Waals surface area contributed by atoms with Crippen LogP contribution in [-0.4, -0.2) is 48.0 Å². The molecule has 0 saturated carbocycles. The van der Waals surface area contributed by atoms with E-state index < -0.39 is 0 Å². The molecule has 2 heterocycles. The summed E-state index contributed by atoms with van der Waals surface area (Å²) >= 11 is 1.60. The largest absolute Gasteiger partial charge is 0.374 e. The number of fused-ring (bicyclic) bond motifs is 1. The van der Waals surface area contributed by atoms with Crippen molar-refractivity contribution in [3.8, 4) is 21.6 Å². The highest BCUT2D eigenvalue weighted by molar-refractivity contribution is 7.22. The predicted molar refractivity (Wildman–Crippen MR) is 193 cm³/mol. The lowest BCUT2D eigenvalue weighted by Gasteiger charge is -2.21. The van der Waals surface area contributed by atoms with Gasteiger partial charge in [0.25, 0.3) is 0 Å². The fourth-order valence-corrected chi connectivity index (χ4v) is 6.58. The molecule has 0 radical (unpaired) electrons. The molecule has 9 heteroatoms. The number of aromatic nitrogens is 2. The predicted octanol–water partition coefficient (Wildman–Crippen LogP) is 8.59. The van der Waals surface area contributed by atoms with Crippen LogP contribution in [0.2, 0.25) is 0 Å². The number of hydrogen-bond donors (Lipinski definition) is 2. The Balaban J connectivity index is 1.38. The van der Waals surface area contributed by atoms with E-state index in [1.807, 2.05) is 104 Å². The number of thiophene rings is 1. The van der Waals surface area contributed by atoms with Gasteiger partial charge in [0.15, 0.2) is 0 Å². The Morgan fingerprint density at radius 2 is 1.67 bits per heavy atom. The number of benzene rings is 4. The molecule has 48 heavy (non-hydrogen) atoms. The number of hydrogen-bond acceptors (Lipinski definition) is 7. The van der Waals surface area contributed by atoms with Gasteiger partial charge in [0, 0.05) is 28.7 Å². The minimum absolute atomic E-state index is 0.193. The van der Waals surface area contributed by atoms with Gasteiger partial charge < -0.3 is 20.3 Å². The van der Waals surface area contributed by atoms with Gasteiger partial charge >= 0.3 is 0 Å². The first-order valence-corrected chi connectivity index (χ1v) is 16.5. The summed E-state index contributed by atoms with van der Waals surface area (Å²) in [6, 6.07) is 34.3. The zero-order valence-corrected chi connectivity index (χ0v) is 27.6. The van der Waals surface area contributed by atoms with Gasteiger partial charge in [-0.1, -0.05) is 91.0 Å². The molecule has 4 aromatic carbocycles. The van der Waals surface area contributed by atoms with E-state index in [0.29, 0.717) is 24.7 Å². The fraction of sp³-hybridized carbons (Fsp3) is 0.154. The van der Waals surface area contributed by atoms with Crippen LogP contribution in [0, 0.1) is 5.82 Å². The Bertz CT molecular complexity index is 2010. The number of halogens is 1. The molecule has 0 spiro atoms. The quantitative estimate of drug-likeness (QED) is 0.121. The lowest BCUT2D eigenvalue weighted by Crippen LogP contribution is -2.18. The minimum Gasteiger partial charge on any atom is -0.374 e. The summed E-state index contributed by atoms with van der Waals surface area (Å²) in [5, 5.41) is 7.55. The highest BCUT2D eigenvalue weighted by Gasteiger charge is 2.23. The molecule has 0 aliphatic heterocycles. The van der Waals surface area contributed by atoms with Crippen LogP contribution in [0.25, 0.3) is 31.8 Å². The third-order valence-corrected chi connectivity index (χ3v) is 8.78. The Morgan fingerprint density at radius 3 is 2.44 bits per heavy atom. The molecule has 0 unspecified atom stereocenters. The maximum atomic E-state index is 13.8. The molecule has 0 aliphatic rings. The van der Waals surface area contributed by atoms with Crippen LogP contribution < -0.4 is 10.6 Å². The van der Waals surface area contributed by atoms with Crippen molar-refractivity contribution in [2.75, 3.05) is 37.9 Å². The molecule has 1 amide bonds. The van der Waals surface area contributed by atoms with Crippen LogP contribution in [0.5, 0.6) is 0 Å². The van der Waals surface area contributed by atoms with Gasteiger partial charge in [-0.3, -0.25) is 4.79 Å². The van der Waals surface area contributed by atoms with Gasteiger partial charge in [-0.25, -0.2) is 14.4 Å². The van der Waals surface area contributed by atoms with Gasteiger partial charge in [-0.15, -0.1) is 11.3 Å². The molecule has 2 N–H and O–H groups in total. The Morgan fingerprint density at radius 1 is 0.917 bits per heavy atom. The Labute approximate surface area is 283 Å². The minimum atomic E-state index is -0.291. The number of carbonyl (C=O) groups is 1. The molecule has 0 saturated heterocycles. The monoisotopic (exact) mass is 657 g/mol. The zero-order valence-electron chi connectivity index (χ0n) is 26.8. The van der Waals surface area contributed by atoms with E-state index in [0.717, 1.165) is 42.9 Å². The highest BCUT2D eigenvalue weighted by atomic mass is 32.1. The van der Waals surface area contributed by atoms with Crippen molar-refractivity contribution < 1.29 is 13.9 Å². The van der Waals surface area contributed by atoms with Crippen LogP contribution in [0.3, 0.4) is 0 Å². The maximum absolute atomic E-state index is 13.8. The van der Waals surface area contributed by atoms with Crippen LogP contribution in [0.15, 0.2) is 128 Å². The average Bonchev–Trinajstić information content (AvgIpc) is 3.49. The van der Waals surface area contributed by atoms with Gasteiger partial charge in [0.05, 0.1) is 24.6 Å². The van der Waals surface area contributed by atoms with E-state index in [1.165, 1.54) is 12.1 Å². The third kappa shape index (κ3) is 8.19. The number of nitrogens with zero attached hydrogens (tertiary/aromatic N) is 3. The number of rotatable bonds is 13. The second-order valence-electron chi connectivity index (χ2n) is 11.6. The number of likely N-dealkylation sites (N-methyl/N-ethyl adjacent to an activating group) is 1. The lowest BCUT2D eigenvalue weighted by molar-refractivity contribution is -0.111. The standard InChI is InChI=1S/C39H36FN5O2S/c1-45(2)21-11-20-34(46)43-32-19-10-17-30(23-32)35-36-38(41-26-42-39(36)48-37(35)29-15-7-4-8-16-29)44-33(28-13-5-3-6-14-28)25-47-24-27-12-9-18-31(40)22-27/h3-20,22-23,26,33H,21,24-25H2,1-2H3,(H,43,46)(H,41,42,44)/t33-/m1/s1. The smallest absolute Gasteiger partial charge is 0.248 e. The van der Waals surface area contributed by atoms with Crippen molar-refractivity contribution in [1.29, 1.82) is 0 Å². The average molecular weight is 658 g/mol. The Kier molecular flexibility index (Phi) is 10.6. The lowest BCUT2D eigenvalue weighted by atomic mass is 9.99. The molecular formula is C39H36FN5O2S. The van der Waals surface area contributed by atoms with E-state index in [9.17, 15) is 9.18 Å². The van der Waals surface area contributed by atoms with E-state index in [-0.39, 0.29) is 24.4 Å². The molecular weight excluding hydrogens is 622 g/mol. The fourth-order valence-electron chi connectivity index (χ4n) is 5.41. The molecule has 0 aliphatic carbocycles.